The minimum atomic E-state index is -0.786. The number of fused-ring (bicyclic) bond motifs is 1. The Balaban J connectivity index is 2.21. The zero-order chi connectivity index (χ0) is 16.1. The molecule has 0 radical (unpaired) electrons. The van der Waals surface area contributed by atoms with E-state index in [1.165, 1.54) is 5.57 Å². The summed E-state index contributed by atoms with van der Waals surface area (Å²) < 4.78 is 0. The molecule has 1 heterocycles. The van der Waals surface area contributed by atoms with E-state index in [2.05, 4.69) is 38.2 Å². The molecule has 3 aliphatic rings. The molecule has 0 aromatic carbocycles. The predicted molar refractivity (Wildman–Crippen MR) is 86.2 cm³/mol. The van der Waals surface area contributed by atoms with Gasteiger partial charge in [0.1, 0.15) is 0 Å². The van der Waals surface area contributed by atoms with Gasteiger partial charge in [0.25, 0.3) is 5.91 Å². The molecule has 3 rings (SSSR count). The normalized spacial score (nSPS) is 35.4. The largest absolute Gasteiger partial charge is 0.325 e. The van der Waals surface area contributed by atoms with Crippen molar-refractivity contribution in [3.05, 3.63) is 23.3 Å². The molecular formula is C18H26N2O2. The van der Waals surface area contributed by atoms with Gasteiger partial charge in [-0.3, -0.25) is 10.1 Å². The Morgan fingerprint density at radius 1 is 1.41 bits per heavy atom. The Bertz CT molecular complexity index is 578. The fraction of sp³-hybridized carbons (Fsp3) is 0.667. The van der Waals surface area contributed by atoms with Crippen LogP contribution in [0.25, 0.3) is 0 Å². The topological polar surface area (TPSA) is 49.4 Å². The molecule has 4 atom stereocenters. The van der Waals surface area contributed by atoms with Gasteiger partial charge in [-0.25, -0.2) is 4.79 Å². The van der Waals surface area contributed by atoms with Gasteiger partial charge >= 0.3 is 6.03 Å². The van der Waals surface area contributed by atoms with Crippen LogP contribution in [0.5, 0.6) is 0 Å². The number of imide groups is 1. The average molecular weight is 302 g/mol. The zero-order valence-corrected chi connectivity index (χ0v) is 14.0. The summed E-state index contributed by atoms with van der Waals surface area (Å²) in [6.45, 7) is 6.64. The van der Waals surface area contributed by atoms with Crippen LogP contribution in [0.15, 0.2) is 23.3 Å². The van der Waals surface area contributed by atoms with Crippen molar-refractivity contribution in [3.63, 3.8) is 0 Å². The molecule has 1 fully saturated rings. The molecule has 0 saturated carbocycles. The van der Waals surface area contributed by atoms with Gasteiger partial charge in [-0.1, -0.05) is 44.9 Å². The molecule has 1 N–H and O–H groups in total. The summed E-state index contributed by atoms with van der Waals surface area (Å²) in [7, 11) is 1.77. The molecule has 4 nitrogen and oxygen atoms in total. The Labute approximate surface area is 132 Å². The molecule has 120 valence electrons. The van der Waals surface area contributed by atoms with Crippen molar-refractivity contribution in [3.8, 4) is 0 Å². The summed E-state index contributed by atoms with van der Waals surface area (Å²) in [5.41, 5.74) is 1.73. The van der Waals surface area contributed by atoms with Crippen LogP contribution in [0, 0.1) is 17.8 Å². The van der Waals surface area contributed by atoms with Crippen molar-refractivity contribution in [1.82, 2.24) is 10.2 Å². The second-order valence-corrected chi connectivity index (χ2v) is 6.89. The number of hydrogen-bond acceptors (Lipinski definition) is 2. The summed E-state index contributed by atoms with van der Waals surface area (Å²) in [5.74, 6) is 0.968. The highest BCUT2D eigenvalue weighted by Crippen LogP contribution is 2.56. The number of carbonyl (C=O) groups is 2. The second-order valence-electron chi connectivity index (χ2n) is 6.89. The van der Waals surface area contributed by atoms with Crippen LogP contribution < -0.4 is 5.32 Å². The van der Waals surface area contributed by atoms with Crippen molar-refractivity contribution in [2.75, 3.05) is 7.05 Å². The number of carbonyl (C=O) groups excluding carboxylic acids is 2. The minimum absolute atomic E-state index is 0.128. The van der Waals surface area contributed by atoms with Gasteiger partial charge in [-0.05, 0) is 36.7 Å². The van der Waals surface area contributed by atoms with Crippen LogP contribution in [0.4, 0.5) is 4.79 Å². The molecular weight excluding hydrogens is 276 g/mol. The second kappa shape index (κ2) is 5.25. The lowest BCUT2D eigenvalue weighted by molar-refractivity contribution is -0.127. The number of hydrogen-bond donors (Lipinski definition) is 1. The van der Waals surface area contributed by atoms with Crippen LogP contribution in [-0.2, 0) is 4.79 Å². The van der Waals surface area contributed by atoms with E-state index in [4.69, 9.17) is 0 Å². The van der Waals surface area contributed by atoms with Crippen molar-refractivity contribution in [1.29, 1.82) is 0 Å². The van der Waals surface area contributed by atoms with E-state index in [0.29, 0.717) is 11.8 Å². The van der Waals surface area contributed by atoms with Crippen LogP contribution in [0.1, 0.15) is 46.5 Å². The standard InChI is InChI=1S/C18H26N2O2/c1-5-11(3)15-12-9-7-8-10-14(12)18(13(15)6-2)16(21)19-17(22)20(18)4/h8,10-11,13,15H,5-7,9H2,1-4H3,(H,19,21,22). The van der Waals surface area contributed by atoms with E-state index >= 15 is 0 Å². The first-order valence-electron chi connectivity index (χ1n) is 8.49. The molecule has 4 heteroatoms. The first-order valence-corrected chi connectivity index (χ1v) is 8.49. The molecule has 1 aliphatic heterocycles. The van der Waals surface area contributed by atoms with E-state index < -0.39 is 5.54 Å². The summed E-state index contributed by atoms with van der Waals surface area (Å²) in [5, 5.41) is 2.55. The van der Waals surface area contributed by atoms with Crippen LogP contribution in [0.2, 0.25) is 0 Å². The smallest absolute Gasteiger partial charge is 0.308 e. The Kier molecular flexibility index (Phi) is 3.66. The van der Waals surface area contributed by atoms with Gasteiger partial charge in [0.05, 0.1) is 0 Å². The number of nitrogens with one attached hydrogen (secondary N) is 1. The third-order valence-electron chi connectivity index (χ3n) is 6.09. The molecule has 2 aliphatic carbocycles. The highest BCUT2D eigenvalue weighted by atomic mass is 16.2. The first-order chi connectivity index (χ1) is 10.5. The van der Waals surface area contributed by atoms with Gasteiger partial charge in [0.2, 0.25) is 0 Å². The summed E-state index contributed by atoms with van der Waals surface area (Å²) in [6.07, 6.45) is 8.32. The average Bonchev–Trinajstić information content (AvgIpc) is 2.95. The highest BCUT2D eigenvalue weighted by Gasteiger charge is 2.64. The van der Waals surface area contributed by atoms with Crippen molar-refractivity contribution >= 4 is 11.9 Å². The zero-order valence-electron chi connectivity index (χ0n) is 14.0. The number of rotatable bonds is 3. The number of nitrogens with zero attached hydrogens (tertiary/aromatic N) is 1. The van der Waals surface area contributed by atoms with Gasteiger partial charge in [-0.2, -0.15) is 0 Å². The van der Waals surface area contributed by atoms with Gasteiger partial charge in [0, 0.05) is 13.0 Å². The third kappa shape index (κ3) is 1.70. The minimum Gasteiger partial charge on any atom is -0.308 e. The van der Waals surface area contributed by atoms with Crippen molar-refractivity contribution in [2.45, 2.75) is 52.0 Å². The summed E-state index contributed by atoms with van der Waals surface area (Å²) in [4.78, 5) is 26.7. The fourth-order valence-corrected chi connectivity index (χ4v) is 4.95. The fourth-order valence-electron chi connectivity index (χ4n) is 4.95. The van der Waals surface area contributed by atoms with Gasteiger partial charge in [0.15, 0.2) is 5.54 Å². The van der Waals surface area contributed by atoms with E-state index in [0.717, 1.165) is 31.3 Å². The highest BCUT2D eigenvalue weighted by molar-refractivity contribution is 6.10. The molecule has 0 bridgehead atoms. The molecule has 1 saturated heterocycles. The number of allylic oxidation sites excluding steroid dienone is 2. The maximum Gasteiger partial charge on any atom is 0.325 e. The van der Waals surface area contributed by atoms with Crippen molar-refractivity contribution < 1.29 is 9.59 Å². The van der Waals surface area contributed by atoms with E-state index in [1.807, 2.05) is 0 Å². The maximum absolute atomic E-state index is 12.9. The number of urea groups is 1. The molecule has 0 aromatic heterocycles. The monoisotopic (exact) mass is 302 g/mol. The summed E-state index contributed by atoms with van der Waals surface area (Å²) >= 11 is 0. The van der Waals surface area contributed by atoms with Crippen LogP contribution >= 0.6 is 0 Å². The van der Waals surface area contributed by atoms with E-state index in [-0.39, 0.29) is 17.9 Å². The molecule has 1 spiro atoms. The maximum atomic E-state index is 12.9. The summed E-state index contributed by atoms with van der Waals surface area (Å²) in [6, 6.07) is -0.265. The number of amides is 3. The Morgan fingerprint density at radius 2 is 2.14 bits per heavy atom. The first kappa shape index (κ1) is 15.3. The van der Waals surface area contributed by atoms with E-state index in [1.54, 1.807) is 11.9 Å². The lowest BCUT2D eigenvalue weighted by Crippen LogP contribution is -2.54. The number of likely N-dealkylation sites (N-methyl/N-ethyl adjacent to an activating group) is 1. The SMILES string of the molecule is CCC(C)C1C2=C(C=CCC2)C2(C(=O)NC(=O)N2C)C1CC. The predicted octanol–water partition coefficient (Wildman–Crippen LogP) is 3.26. The molecule has 0 aromatic rings. The third-order valence-corrected chi connectivity index (χ3v) is 6.09. The van der Waals surface area contributed by atoms with Crippen molar-refractivity contribution in [2.24, 2.45) is 17.8 Å². The van der Waals surface area contributed by atoms with Crippen LogP contribution in [-0.4, -0.2) is 29.4 Å². The van der Waals surface area contributed by atoms with Gasteiger partial charge in [-0.15, -0.1) is 0 Å². The van der Waals surface area contributed by atoms with E-state index in [9.17, 15) is 9.59 Å². The lowest BCUT2D eigenvalue weighted by Gasteiger charge is -2.39. The molecule has 22 heavy (non-hydrogen) atoms. The molecule has 4 unspecified atom stereocenters. The quantitative estimate of drug-likeness (QED) is 0.814. The van der Waals surface area contributed by atoms with Gasteiger partial charge < -0.3 is 4.90 Å². The lowest BCUT2D eigenvalue weighted by atomic mass is 9.71. The van der Waals surface area contributed by atoms with Crippen LogP contribution in [0.3, 0.4) is 0 Å². The Hall–Kier alpha value is -1.58. The Morgan fingerprint density at radius 3 is 2.68 bits per heavy atom. The molecule has 3 amide bonds.